The predicted molar refractivity (Wildman–Crippen MR) is 94.3 cm³/mol. The highest BCUT2D eigenvalue weighted by Gasteiger charge is 2.14. The van der Waals surface area contributed by atoms with Crippen molar-refractivity contribution in [3.05, 3.63) is 70.6 Å². The van der Waals surface area contributed by atoms with Crippen LogP contribution < -0.4 is 4.72 Å². The lowest BCUT2D eigenvalue weighted by molar-refractivity contribution is 0.581. The van der Waals surface area contributed by atoms with Gasteiger partial charge in [-0.1, -0.05) is 22.0 Å². The second-order valence-corrected chi connectivity index (χ2v) is 7.83. The summed E-state index contributed by atoms with van der Waals surface area (Å²) in [5.74, 6) is 0.676. The molecular formula is C16H15BrN4O2S. The van der Waals surface area contributed by atoms with Crippen LogP contribution in [0, 0.1) is 6.92 Å². The third-order valence-electron chi connectivity index (χ3n) is 3.45. The third-order valence-corrected chi connectivity index (χ3v) is 5.74. The van der Waals surface area contributed by atoms with E-state index >= 15 is 0 Å². The summed E-state index contributed by atoms with van der Waals surface area (Å²) in [6, 6.07) is 10.3. The number of aryl methyl sites for hydroxylation is 1. The minimum atomic E-state index is -3.57. The minimum absolute atomic E-state index is 0.170. The zero-order chi connectivity index (χ0) is 17.2. The highest BCUT2D eigenvalue weighted by molar-refractivity contribution is 9.10. The Balaban J connectivity index is 1.71. The number of rotatable bonds is 5. The molecule has 0 aliphatic carbocycles. The quantitative estimate of drug-likeness (QED) is 0.706. The molecule has 1 N–H and O–H groups in total. The van der Waals surface area contributed by atoms with Crippen LogP contribution in [0.4, 0.5) is 0 Å². The number of hydrogen-bond acceptors (Lipinski definition) is 4. The number of pyridine rings is 1. The van der Waals surface area contributed by atoms with Gasteiger partial charge in [0.25, 0.3) is 0 Å². The fourth-order valence-electron chi connectivity index (χ4n) is 2.11. The molecule has 24 heavy (non-hydrogen) atoms. The van der Waals surface area contributed by atoms with Crippen LogP contribution >= 0.6 is 15.9 Å². The average molecular weight is 407 g/mol. The van der Waals surface area contributed by atoms with Crippen LogP contribution in [0.3, 0.4) is 0 Å². The molecule has 0 saturated carbocycles. The van der Waals surface area contributed by atoms with Crippen molar-refractivity contribution < 1.29 is 8.42 Å². The molecule has 3 rings (SSSR count). The van der Waals surface area contributed by atoms with E-state index in [0.717, 1.165) is 15.6 Å². The number of halogens is 1. The van der Waals surface area contributed by atoms with Crippen molar-refractivity contribution in [3.8, 4) is 5.82 Å². The van der Waals surface area contributed by atoms with Crippen LogP contribution in [0.15, 0.2) is 64.4 Å². The van der Waals surface area contributed by atoms with Crippen molar-refractivity contribution >= 4 is 26.0 Å². The van der Waals surface area contributed by atoms with E-state index in [2.05, 4.69) is 30.7 Å². The standard InChI is InChI=1S/C16H15BrN4O2S/c1-12-9-14(4-5-15(12)17)24(22,23)20-11-13-3-6-16(18-10-13)21-8-2-7-19-21/h2-10,20H,11H2,1H3. The van der Waals surface area contributed by atoms with Crippen LogP contribution in [0.25, 0.3) is 5.82 Å². The smallest absolute Gasteiger partial charge is 0.237 e. The van der Waals surface area contributed by atoms with Gasteiger partial charge >= 0.3 is 0 Å². The molecule has 3 aromatic rings. The van der Waals surface area contributed by atoms with Crippen LogP contribution in [-0.2, 0) is 16.6 Å². The first-order valence-corrected chi connectivity index (χ1v) is 9.44. The Labute approximate surface area is 148 Å². The van der Waals surface area contributed by atoms with E-state index in [-0.39, 0.29) is 11.4 Å². The van der Waals surface area contributed by atoms with Crippen molar-refractivity contribution in [3.63, 3.8) is 0 Å². The molecule has 0 fully saturated rings. The molecule has 0 spiro atoms. The van der Waals surface area contributed by atoms with Crippen molar-refractivity contribution in [1.29, 1.82) is 0 Å². The molecule has 8 heteroatoms. The molecule has 0 aliphatic rings. The highest BCUT2D eigenvalue weighted by atomic mass is 79.9. The molecule has 0 unspecified atom stereocenters. The summed E-state index contributed by atoms with van der Waals surface area (Å²) in [6.07, 6.45) is 5.09. The van der Waals surface area contributed by atoms with Gasteiger partial charge in [0.05, 0.1) is 4.90 Å². The molecular weight excluding hydrogens is 392 g/mol. The van der Waals surface area contributed by atoms with Gasteiger partial charge in [-0.25, -0.2) is 22.8 Å². The monoisotopic (exact) mass is 406 g/mol. The van der Waals surface area contributed by atoms with Gasteiger partial charge in [-0.05, 0) is 48.4 Å². The van der Waals surface area contributed by atoms with Crippen LogP contribution in [0.2, 0.25) is 0 Å². The third kappa shape index (κ3) is 3.72. The molecule has 1 aromatic carbocycles. The summed E-state index contributed by atoms with van der Waals surface area (Å²) in [5.41, 5.74) is 1.63. The Kier molecular flexibility index (Phi) is 4.79. The number of nitrogens with one attached hydrogen (secondary N) is 1. The predicted octanol–water partition coefficient (Wildman–Crippen LogP) is 2.82. The summed E-state index contributed by atoms with van der Waals surface area (Å²) >= 11 is 3.36. The van der Waals surface area contributed by atoms with E-state index in [0.29, 0.717) is 5.82 Å². The molecule has 0 saturated heterocycles. The summed E-state index contributed by atoms with van der Waals surface area (Å²) < 4.78 is 29.8. The van der Waals surface area contributed by atoms with E-state index in [9.17, 15) is 8.42 Å². The van der Waals surface area contributed by atoms with E-state index in [1.165, 1.54) is 0 Å². The molecule has 6 nitrogen and oxygen atoms in total. The van der Waals surface area contributed by atoms with E-state index in [1.807, 2.05) is 19.1 Å². The second kappa shape index (κ2) is 6.84. The molecule has 2 heterocycles. The van der Waals surface area contributed by atoms with Crippen molar-refractivity contribution in [2.75, 3.05) is 0 Å². The minimum Gasteiger partial charge on any atom is -0.237 e. The lowest BCUT2D eigenvalue weighted by Crippen LogP contribution is -2.23. The SMILES string of the molecule is Cc1cc(S(=O)(=O)NCc2ccc(-n3cccn3)nc2)ccc1Br. The van der Waals surface area contributed by atoms with E-state index < -0.39 is 10.0 Å². The van der Waals surface area contributed by atoms with E-state index in [4.69, 9.17) is 0 Å². The largest absolute Gasteiger partial charge is 0.240 e. The number of nitrogens with zero attached hydrogens (tertiary/aromatic N) is 3. The number of sulfonamides is 1. The van der Waals surface area contributed by atoms with Gasteiger partial charge in [0.15, 0.2) is 5.82 Å². The lowest BCUT2D eigenvalue weighted by atomic mass is 10.2. The lowest BCUT2D eigenvalue weighted by Gasteiger charge is -2.09. The Morgan fingerprint density at radius 2 is 2.08 bits per heavy atom. The van der Waals surface area contributed by atoms with Gasteiger partial charge < -0.3 is 0 Å². The number of hydrogen-bond donors (Lipinski definition) is 1. The Morgan fingerprint density at radius 3 is 2.71 bits per heavy atom. The normalized spacial score (nSPS) is 11.6. The van der Waals surface area contributed by atoms with Crippen molar-refractivity contribution in [2.24, 2.45) is 0 Å². The Hall–Kier alpha value is -2.03. The zero-order valence-corrected chi connectivity index (χ0v) is 15.3. The van der Waals surface area contributed by atoms with Gasteiger partial charge in [0.2, 0.25) is 10.0 Å². The van der Waals surface area contributed by atoms with Crippen LogP contribution in [-0.4, -0.2) is 23.2 Å². The first kappa shape index (κ1) is 16.8. The van der Waals surface area contributed by atoms with Crippen LogP contribution in [0.1, 0.15) is 11.1 Å². The fraction of sp³-hybridized carbons (Fsp3) is 0.125. The van der Waals surface area contributed by atoms with Gasteiger partial charge in [0.1, 0.15) is 0 Å². The molecule has 0 radical (unpaired) electrons. The van der Waals surface area contributed by atoms with E-state index in [1.54, 1.807) is 47.5 Å². The molecule has 124 valence electrons. The second-order valence-electron chi connectivity index (χ2n) is 5.21. The highest BCUT2D eigenvalue weighted by Crippen LogP contribution is 2.20. The molecule has 2 aromatic heterocycles. The zero-order valence-electron chi connectivity index (χ0n) is 12.8. The molecule has 0 amide bonds. The summed E-state index contributed by atoms with van der Waals surface area (Å²) in [4.78, 5) is 4.52. The molecule has 0 atom stereocenters. The molecule has 0 bridgehead atoms. The average Bonchev–Trinajstić information content (AvgIpc) is 3.10. The number of benzene rings is 1. The van der Waals surface area contributed by atoms with Gasteiger partial charge in [-0.15, -0.1) is 0 Å². The van der Waals surface area contributed by atoms with Crippen molar-refractivity contribution in [2.45, 2.75) is 18.4 Å². The maximum atomic E-state index is 12.4. The summed E-state index contributed by atoms with van der Waals surface area (Å²) in [5, 5.41) is 4.10. The van der Waals surface area contributed by atoms with Gasteiger partial charge in [-0.2, -0.15) is 5.10 Å². The topological polar surface area (TPSA) is 76.9 Å². The summed E-state index contributed by atoms with van der Waals surface area (Å²) in [6.45, 7) is 2.02. The van der Waals surface area contributed by atoms with Gasteiger partial charge in [-0.3, -0.25) is 0 Å². The Morgan fingerprint density at radius 1 is 1.25 bits per heavy atom. The van der Waals surface area contributed by atoms with Gasteiger partial charge in [0, 0.05) is 29.6 Å². The first-order chi connectivity index (χ1) is 11.5. The summed E-state index contributed by atoms with van der Waals surface area (Å²) in [7, 11) is -3.57. The maximum Gasteiger partial charge on any atom is 0.240 e. The fourth-order valence-corrected chi connectivity index (χ4v) is 3.46. The Bertz CT molecular complexity index is 939. The van der Waals surface area contributed by atoms with Crippen molar-refractivity contribution in [1.82, 2.24) is 19.5 Å². The van der Waals surface area contributed by atoms with Crippen LogP contribution in [0.5, 0.6) is 0 Å². The maximum absolute atomic E-state index is 12.4. The molecule has 0 aliphatic heterocycles. The first-order valence-electron chi connectivity index (χ1n) is 7.16. The number of aromatic nitrogens is 3.